The third-order valence-corrected chi connectivity index (χ3v) is 6.22. The second kappa shape index (κ2) is 4.01. The van der Waals surface area contributed by atoms with Gasteiger partial charge in [-0.15, -0.1) is 0 Å². The summed E-state index contributed by atoms with van der Waals surface area (Å²) in [7, 11) is 0. The molecule has 1 spiro atoms. The molecule has 0 radical (unpaired) electrons. The van der Waals surface area contributed by atoms with Gasteiger partial charge in [0.05, 0.1) is 18.7 Å². The van der Waals surface area contributed by atoms with Crippen LogP contribution < -0.4 is 10.7 Å². The number of hydrogen-bond donors (Lipinski definition) is 2. The van der Waals surface area contributed by atoms with E-state index >= 15 is 0 Å². The van der Waals surface area contributed by atoms with Crippen LogP contribution in [0.5, 0.6) is 0 Å². The number of hydrogen-bond acceptors (Lipinski definition) is 5. The van der Waals surface area contributed by atoms with E-state index in [1.54, 1.807) is 12.1 Å². The minimum atomic E-state index is -1.14. The third-order valence-electron chi connectivity index (χ3n) is 4.90. The Hall–Kier alpha value is -2.09. The van der Waals surface area contributed by atoms with Gasteiger partial charge >= 0.3 is 0 Å². The van der Waals surface area contributed by atoms with E-state index in [0.717, 1.165) is 11.3 Å². The van der Waals surface area contributed by atoms with Crippen molar-refractivity contribution in [1.82, 2.24) is 0 Å². The van der Waals surface area contributed by atoms with Crippen molar-refractivity contribution in [2.75, 3.05) is 12.4 Å². The summed E-state index contributed by atoms with van der Waals surface area (Å²) in [5.74, 6) is 0.201. The van der Waals surface area contributed by atoms with Gasteiger partial charge in [-0.25, -0.2) is 9.38 Å². The predicted octanol–water partition coefficient (Wildman–Crippen LogP) is -0.189. The Bertz CT molecular complexity index is 774. The van der Waals surface area contributed by atoms with Gasteiger partial charge in [0, 0.05) is 11.7 Å². The standard InChI is InChI=1S/C15H11FN4OS/c16-10-3-1-9(2-4-10)11-13(7-17)12(19)20-15(14(11,13)8-18)21-5-6-22-15/h1-4,11H,5-6H2,(H2,19,20)/p+1/t11-,13+,14+,15+/m0/s1. The normalized spacial score (nSPS) is 41.6. The first-order chi connectivity index (χ1) is 10.6. The molecule has 22 heavy (non-hydrogen) atoms. The Balaban J connectivity index is 1.92. The van der Waals surface area contributed by atoms with E-state index in [0.29, 0.717) is 6.61 Å². The lowest BCUT2D eigenvalue weighted by molar-refractivity contribution is -0.583. The molecule has 3 N–H and O–H groups in total. The molecule has 5 nitrogen and oxygen atoms in total. The Labute approximate surface area is 130 Å². The van der Waals surface area contributed by atoms with Gasteiger partial charge in [0.2, 0.25) is 0 Å². The van der Waals surface area contributed by atoms with Gasteiger partial charge in [-0.3, -0.25) is 5.73 Å². The lowest BCUT2D eigenvalue weighted by Crippen LogP contribution is -2.88. The quantitative estimate of drug-likeness (QED) is 0.749. The number of halogens is 1. The fourth-order valence-corrected chi connectivity index (χ4v) is 5.33. The number of thioether (sulfide) groups is 1. The minimum Gasteiger partial charge on any atom is -0.327 e. The first kappa shape index (κ1) is 13.6. The number of rotatable bonds is 1. The van der Waals surface area contributed by atoms with Crippen molar-refractivity contribution in [2.24, 2.45) is 16.6 Å². The summed E-state index contributed by atoms with van der Waals surface area (Å²) in [6.45, 7) is 0.492. The molecular formula is C15H12FN4OS+. The molecule has 1 aromatic carbocycles. The van der Waals surface area contributed by atoms with Gasteiger partial charge in [0.25, 0.3) is 10.9 Å². The lowest BCUT2D eigenvalue weighted by Gasteiger charge is -2.23. The summed E-state index contributed by atoms with van der Waals surface area (Å²) in [6.07, 6.45) is 0. The molecule has 2 aliphatic heterocycles. The maximum Gasteiger partial charge on any atom is 0.277 e. The number of benzene rings is 1. The molecule has 1 saturated carbocycles. The average molecular weight is 315 g/mol. The topological polar surface area (TPSA) is 96.8 Å². The Morgan fingerprint density at radius 1 is 1.32 bits per heavy atom. The van der Waals surface area contributed by atoms with E-state index < -0.39 is 21.8 Å². The molecule has 4 rings (SSSR count). The van der Waals surface area contributed by atoms with Gasteiger partial charge in [0.15, 0.2) is 10.8 Å². The van der Waals surface area contributed by atoms with E-state index in [9.17, 15) is 14.9 Å². The highest BCUT2D eigenvalue weighted by Gasteiger charge is 2.96. The van der Waals surface area contributed by atoms with E-state index in [1.165, 1.54) is 23.9 Å². The highest BCUT2D eigenvalue weighted by molar-refractivity contribution is 8.00. The summed E-state index contributed by atoms with van der Waals surface area (Å²) in [5.41, 5.74) is 4.59. The number of nitrogens with zero attached hydrogens (tertiary/aromatic N) is 2. The predicted molar refractivity (Wildman–Crippen MR) is 76.5 cm³/mol. The molecule has 110 valence electrons. The second-order valence-corrected chi connectivity index (χ2v) is 6.95. The van der Waals surface area contributed by atoms with Crippen LogP contribution in [0.25, 0.3) is 0 Å². The average Bonchev–Trinajstić information content (AvgIpc) is 2.77. The number of amidine groups is 1. The summed E-state index contributed by atoms with van der Waals surface area (Å²) in [6, 6.07) is 10.4. The zero-order valence-corrected chi connectivity index (χ0v) is 12.3. The van der Waals surface area contributed by atoms with Crippen molar-refractivity contribution < 1.29 is 14.1 Å². The first-order valence-corrected chi connectivity index (χ1v) is 7.83. The minimum absolute atomic E-state index is 0.264. The van der Waals surface area contributed by atoms with Gasteiger partial charge in [-0.2, -0.15) is 10.5 Å². The molecule has 1 aliphatic carbocycles. The molecule has 0 aromatic heterocycles. The van der Waals surface area contributed by atoms with Crippen LogP contribution in [-0.4, -0.2) is 23.3 Å². The Kier molecular flexibility index (Phi) is 2.47. The Morgan fingerprint density at radius 3 is 2.59 bits per heavy atom. The van der Waals surface area contributed by atoms with Crippen LogP contribution in [-0.2, 0) is 4.74 Å². The number of ether oxygens (including phenoxy) is 1. The monoisotopic (exact) mass is 315 g/mol. The maximum absolute atomic E-state index is 13.2. The third kappa shape index (κ3) is 1.18. The van der Waals surface area contributed by atoms with Gasteiger partial charge in [-0.1, -0.05) is 23.9 Å². The van der Waals surface area contributed by atoms with Crippen LogP contribution in [0.4, 0.5) is 4.39 Å². The van der Waals surface area contributed by atoms with Crippen LogP contribution in [0, 0.1) is 39.3 Å². The SMILES string of the molecule is N#C[C@@]12[C@@H](c3ccc(F)cc3)[C@]1(C#N)C(N)=[NH+][C@@]21OCCS1. The van der Waals surface area contributed by atoms with E-state index in [4.69, 9.17) is 10.5 Å². The van der Waals surface area contributed by atoms with Gasteiger partial charge < -0.3 is 4.74 Å². The van der Waals surface area contributed by atoms with Crippen LogP contribution >= 0.6 is 11.8 Å². The number of fused-ring (bicyclic) bond motifs is 2. The van der Waals surface area contributed by atoms with E-state index in [1.807, 2.05) is 0 Å². The van der Waals surface area contributed by atoms with Crippen molar-refractivity contribution in [3.63, 3.8) is 0 Å². The summed E-state index contributed by atoms with van der Waals surface area (Å²) < 4.78 is 19.0. The van der Waals surface area contributed by atoms with Crippen LogP contribution in [0.15, 0.2) is 24.3 Å². The number of nitrogens with two attached hydrogens (primary N) is 1. The molecule has 0 bridgehead atoms. The summed E-state index contributed by atoms with van der Waals surface area (Å²) >= 11 is 1.46. The Morgan fingerprint density at radius 2 is 2.05 bits per heavy atom. The fraction of sp³-hybridized carbons (Fsp3) is 0.400. The van der Waals surface area contributed by atoms with Gasteiger partial charge in [0.1, 0.15) is 5.82 Å². The highest BCUT2D eigenvalue weighted by Crippen LogP contribution is 2.80. The maximum atomic E-state index is 13.2. The van der Waals surface area contributed by atoms with Crippen LogP contribution in [0.3, 0.4) is 0 Å². The zero-order valence-electron chi connectivity index (χ0n) is 11.5. The highest BCUT2D eigenvalue weighted by atomic mass is 32.2. The molecule has 1 aromatic rings. The first-order valence-electron chi connectivity index (χ1n) is 6.85. The molecule has 7 heteroatoms. The van der Waals surface area contributed by atoms with E-state index in [2.05, 4.69) is 17.1 Å². The van der Waals surface area contributed by atoms with Gasteiger partial charge in [-0.05, 0) is 17.7 Å². The smallest absolute Gasteiger partial charge is 0.277 e. The number of nitrogens with one attached hydrogen (secondary N) is 1. The van der Waals surface area contributed by atoms with Crippen LogP contribution in [0.2, 0.25) is 0 Å². The molecule has 2 heterocycles. The molecular weight excluding hydrogens is 303 g/mol. The van der Waals surface area contributed by atoms with Crippen molar-refractivity contribution >= 4 is 17.6 Å². The van der Waals surface area contributed by atoms with Crippen molar-refractivity contribution in [3.8, 4) is 12.1 Å². The molecule has 1 saturated heterocycles. The second-order valence-electron chi connectivity index (χ2n) is 5.68. The summed E-state index contributed by atoms with van der Waals surface area (Å²) in [5, 5.41) is 18.7. The molecule has 3 aliphatic rings. The largest absolute Gasteiger partial charge is 0.327 e. The molecule has 0 amide bonds. The van der Waals surface area contributed by atoms with Crippen LogP contribution in [0.1, 0.15) is 11.5 Å². The summed E-state index contributed by atoms with van der Waals surface area (Å²) in [4.78, 5) is 3.04. The van der Waals surface area contributed by atoms with Crippen molar-refractivity contribution in [1.29, 1.82) is 10.5 Å². The molecule has 4 atom stereocenters. The lowest BCUT2D eigenvalue weighted by atomic mass is 9.95. The van der Waals surface area contributed by atoms with Crippen molar-refractivity contribution in [2.45, 2.75) is 11.0 Å². The molecule has 2 fully saturated rings. The zero-order chi connectivity index (χ0) is 15.6. The fourth-order valence-electron chi connectivity index (χ4n) is 3.97. The van der Waals surface area contributed by atoms with Crippen molar-refractivity contribution in [3.05, 3.63) is 35.6 Å². The number of nitriles is 2. The van der Waals surface area contributed by atoms with E-state index in [-0.39, 0.29) is 11.7 Å². The molecule has 0 unspecified atom stereocenters.